The maximum Gasteiger partial charge on any atom is 0.358 e. The molecule has 0 N–H and O–H groups in total. The van der Waals surface area contributed by atoms with Gasteiger partial charge in [-0.15, -0.1) is 11.3 Å². The number of esters is 1. The van der Waals surface area contributed by atoms with Crippen molar-refractivity contribution in [3.8, 4) is 0 Å². The van der Waals surface area contributed by atoms with Crippen LogP contribution in [-0.2, 0) is 11.2 Å². The Labute approximate surface area is 124 Å². The van der Waals surface area contributed by atoms with Gasteiger partial charge in [-0.25, -0.2) is 9.78 Å². The average molecular weight is 340 g/mol. The van der Waals surface area contributed by atoms with Crippen molar-refractivity contribution in [1.82, 2.24) is 4.98 Å². The summed E-state index contributed by atoms with van der Waals surface area (Å²) in [5.74, 6) is -0.338. The van der Waals surface area contributed by atoms with Gasteiger partial charge in [0.2, 0.25) is 0 Å². The van der Waals surface area contributed by atoms with Crippen molar-refractivity contribution in [2.24, 2.45) is 0 Å². The van der Waals surface area contributed by atoms with E-state index < -0.39 is 0 Å². The number of aryl methyl sites for hydroxylation is 1. The van der Waals surface area contributed by atoms with Gasteiger partial charge in [-0.2, -0.15) is 0 Å². The van der Waals surface area contributed by atoms with E-state index in [1.54, 1.807) is 6.92 Å². The Morgan fingerprint density at radius 2 is 2.16 bits per heavy atom. The van der Waals surface area contributed by atoms with E-state index in [0.717, 1.165) is 19.9 Å². The van der Waals surface area contributed by atoms with Gasteiger partial charge in [-0.3, -0.25) is 0 Å². The molecule has 0 fully saturated rings. The van der Waals surface area contributed by atoms with Gasteiger partial charge in [0, 0.05) is 15.8 Å². The maximum atomic E-state index is 11.7. The molecule has 0 saturated carbocycles. The smallest absolute Gasteiger partial charge is 0.358 e. The predicted octanol–water partition coefficient (Wildman–Crippen LogP) is 3.98. The monoisotopic (exact) mass is 339 g/mol. The number of benzene rings is 1. The molecule has 0 aliphatic heterocycles. The minimum atomic E-state index is -0.338. The lowest BCUT2D eigenvalue weighted by atomic mass is 10.2. The minimum Gasteiger partial charge on any atom is -0.461 e. The molecule has 19 heavy (non-hydrogen) atoms. The van der Waals surface area contributed by atoms with E-state index in [9.17, 15) is 4.79 Å². The van der Waals surface area contributed by atoms with Gasteiger partial charge < -0.3 is 4.74 Å². The quantitative estimate of drug-likeness (QED) is 0.791. The summed E-state index contributed by atoms with van der Waals surface area (Å²) in [7, 11) is 0. The van der Waals surface area contributed by atoms with Crippen LogP contribution in [0.15, 0.2) is 28.7 Å². The fraction of sp³-hybridized carbons (Fsp3) is 0.286. The molecule has 3 nitrogen and oxygen atoms in total. The van der Waals surface area contributed by atoms with Crippen molar-refractivity contribution in [3.63, 3.8) is 0 Å². The lowest BCUT2D eigenvalue weighted by Gasteiger charge is -2.00. The number of aromatic nitrogens is 1. The number of halogens is 1. The van der Waals surface area contributed by atoms with Crippen LogP contribution in [0.1, 0.15) is 32.9 Å². The first-order valence-electron chi connectivity index (χ1n) is 5.98. The highest BCUT2D eigenvalue weighted by molar-refractivity contribution is 9.10. The van der Waals surface area contributed by atoms with Crippen molar-refractivity contribution in [2.45, 2.75) is 20.3 Å². The van der Waals surface area contributed by atoms with E-state index >= 15 is 0 Å². The molecule has 0 atom stereocenters. The van der Waals surface area contributed by atoms with E-state index in [1.165, 1.54) is 11.3 Å². The molecular formula is C14H14BrNO2S. The first-order valence-corrected chi connectivity index (χ1v) is 7.59. The first kappa shape index (κ1) is 14.2. The Morgan fingerprint density at radius 3 is 2.84 bits per heavy atom. The van der Waals surface area contributed by atoms with Gasteiger partial charge in [0.05, 0.1) is 11.6 Å². The molecule has 100 valence electrons. The number of thiazole rings is 1. The molecular weight excluding hydrogens is 326 g/mol. The molecule has 0 bridgehead atoms. The standard InChI is InChI=1S/C14H14BrNO2S/c1-3-18-14(17)13-9(2)19-12(16-13)8-10-6-4-5-7-11(10)15/h4-7H,3,8H2,1-2H3. The van der Waals surface area contributed by atoms with Crippen LogP contribution in [0.2, 0.25) is 0 Å². The summed E-state index contributed by atoms with van der Waals surface area (Å²) in [4.78, 5) is 17.0. The van der Waals surface area contributed by atoms with Crippen molar-refractivity contribution in [2.75, 3.05) is 6.61 Å². The average Bonchev–Trinajstić information content (AvgIpc) is 2.74. The molecule has 0 saturated heterocycles. The van der Waals surface area contributed by atoms with E-state index in [4.69, 9.17) is 4.74 Å². The number of carbonyl (C=O) groups is 1. The zero-order chi connectivity index (χ0) is 13.8. The lowest BCUT2D eigenvalue weighted by Crippen LogP contribution is -2.06. The van der Waals surface area contributed by atoms with Gasteiger partial charge in [0.25, 0.3) is 0 Å². The Morgan fingerprint density at radius 1 is 1.42 bits per heavy atom. The molecule has 0 spiro atoms. The fourth-order valence-corrected chi connectivity index (χ4v) is 3.09. The van der Waals surface area contributed by atoms with Crippen LogP contribution in [0, 0.1) is 6.92 Å². The summed E-state index contributed by atoms with van der Waals surface area (Å²) in [6.07, 6.45) is 0.715. The second-order valence-corrected chi connectivity index (χ2v) is 6.14. The minimum absolute atomic E-state index is 0.338. The SMILES string of the molecule is CCOC(=O)c1nc(Cc2ccccc2Br)sc1C. The van der Waals surface area contributed by atoms with Gasteiger partial charge in [0.15, 0.2) is 5.69 Å². The molecule has 0 aliphatic carbocycles. The topological polar surface area (TPSA) is 39.2 Å². The highest BCUT2D eigenvalue weighted by Gasteiger charge is 2.16. The third-order valence-corrected chi connectivity index (χ3v) is 4.35. The highest BCUT2D eigenvalue weighted by Crippen LogP contribution is 2.24. The third kappa shape index (κ3) is 3.42. The third-order valence-electron chi connectivity index (χ3n) is 2.61. The maximum absolute atomic E-state index is 11.7. The molecule has 0 amide bonds. The number of carbonyl (C=O) groups excluding carboxylic acids is 1. The second kappa shape index (κ2) is 6.30. The Hall–Kier alpha value is -1.20. The first-order chi connectivity index (χ1) is 9.11. The number of hydrogen-bond acceptors (Lipinski definition) is 4. The van der Waals surface area contributed by atoms with Crippen molar-refractivity contribution in [1.29, 1.82) is 0 Å². The van der Waals surface area contributed by atoms with Gasteiger partial charge >= 0.3 is 5.97 Å². The fourth-order valence-electron chi connectivity index (χ4n) is 1.72. The van der Waals surface area contributed by atoms with Crippen LogP contribution >= 0.6 is 27.3 Å². The van der Waals surface area contributed by atoms with Crippen LogP contribution < -0.4 is 0 Å². The van der Waals surface area contributed by atoms with Gasteiger partial charge in [-0.1, -0.05) is 34.1 Å². The number of nitrogens with zero attached hydrogens (tertiary/aromatic N) is 1. The molecule has 1 aromatic carbocycles. The van der Waals surface area contributed by atoms with E-state index in [-0.39, 0.29) is 5.97 Å². The molecule has 0 unspecified atom stereocenters. The molecule has 1 heterocycles. The Balaban J connectivity index is 2.21. The summed E-state index contributed by atoms with van der Waals surface area (Å²) in [5.41, 5.74) is 1.60. The summed E-state index contributed by atoms with van der Waals surface area (Å²) in [6, 6.07) is 8.02. The highest BCUT2D eigenvalue weighted by atomic mass is 79.9. The van der Waals surface area contributed by atoms with Crippen LogP contribution in [-0.4, -0.2) is 17.6 Å². The molecule has 1 aromatic heterocycles. The largest absolute Gasteiger partial charge is 0.461 e. The summed E-state index contributed by atoms with van der Waals surface area (Å²) in [6.45, 7) is 4.06. The molecule has 5 heteroatoms. The zero-order valence-corrected chi connectivity index (χ0v) is 13.2. The molecule has 0 aliphatic rings. The van der Waals surface area contributed by atoms with Gasteiger partial charge in [0.1, 0.15) is 0 Å². The van der Waals surface area contributed by atoms with Crippen LogP contribution in [0.5, 0.6) is 0 Å². The van der Waals surface area contributed by atoms with Crippen LogP contribution in [0.3, 0.4) is 0 Å². The summed E-state index contributed by atoms with van der Waals surface area (Å²) >= 11 is 5.06. The van der Waals surface area contributed by atoms with Crippen LogP contribution in [0.4, 0.5) is 0 Å². The molecule has 0 radical (unpaired) electrons. The summed E-state index contributed by atoms with van der Waals surface area (Å²) in [5, 5.41) is 0.924. The number of hydrogen-bond donors (Lipinski definition) is 0. The Kier molecular flexibility index (Phi) is 4.71. The molecule has 2 aromatic rings. The second-order valence-electron chi connectivity index (χ2n) is 4.00. The van der Waals surface area contributed by atoms with E-state index in [0.29, 0.717) is 18.7 Å². The van der Waals surface area contributed by atoms with E-state index in [2.05, 4.69) is 20.9 Å². The Bertz CT molecular complexity index is 595. The predicted molar refractivity (Wildman–Crippen MR) is 79.8 cm³/mol. The summed E-state index contributed by atoms with van der Waals surface area (Å²) < 4.78 is 6.05. The van der Waals surface area contributed by atoms with Crippen LogP contribution in [0.25, 0.3) is 0 Å². The van der Waals surface area contributed by atoms with Gasteiger partial charge in [-0.05, 0) is 25.5 Å². The normalized spacial score (nSPS) is 10.5. The number of rotatable bonds is 4. The molecule has 2 rings (SSSR count). The number of ether oxygens (including phenoxy) is 1. The zero-order valence-electron chi connectivity index (χ0n) is 10.8. The van der Waals surface area contributed by atoms with Crippen molar-refractivity contribution < 1.29 is 9.53 Å². The van der Waals surface area contributed by atoms with E-state index in [1.807, 2.05) is 31.2 Å². The lowest BCUT2D eigenvalue weighted by molar-refractivity contribution is 0.0519. The van der Waals surface area contributed by atoms with Crippen molar-refractivity contribution >= 4 is 33.2 Å². The van der Waals surface area contributed by atoms with Crippen molar-refractivity contribution in [3.05, 3.63) is 49.9 Å².